The zero-order valence-electron chi connectivity index (χ0n) is 17.2. The predicted octanol–water partition coefficient (Wildman–Crippen LogP) is 3.99. The minimum Gasteiger partial charge on any atom is -0.378 e. The van der Waals surface area contributed by atoms with E-state index in [9.17, 15) is 9.18 Å². The van der Waals surface area contributed by atoms with Crippen LogP contribution < -0.4 is 10.6 Å². The molecule has 4 rings (SSSR count). The van der Waals surface area contributed by atoms with Gasteiger partial charge in [-0.2, -0.15) is 10.1 Å². The topological polar surface area (TPSA) is 97.2 Å². The average Bonchev–Trinajstić information content (AvgIpc) is 3.25. The Bertz CT molecular complexity index is 1150. The van der Waals surface area contributed by atoms with Crippen LogP contribution in [0.15, 0.2) is 30.7 Å². The van der Waals surface area contributed by atoms with Gasteiger partial charge in [-0.3, -0.25) is 9.48 Å². The molecule has 0 radical (unpaired) electrons. The van der Waals surface area contributed by atoms with Crippen LogP contribution in [0.25, 0.3) is 0 Å². The number of nitrogens with one attached hydrogen (secondary N) is 2. The summed E-state index contributed by atoms with van der Waals surface area (Å²) >= 11 is 18.4. The Labute approximate surface area is 203 Å². The molecule has 3 aromatic rings. The van der Waals surface area contributed by atoms with E-state index in [1.165, 1.54) is 10.9 Å². The fraction of sp³-hybridized carbons (Fsp3) is 0.300. The van der Waals surface area contributed by atoms with Crippen molar-refractivity contribution in [1.29, 1.82) is 0 Å². The van der Waals surface area contributed by atoms with Crippen molar-refractivity contribution in [3.8, 4) is 0 Å². The van der Waals surface area contributed by atoms with Crippen molar-refractivity contribution >= 4 is 58.2 Å². The second-order valence-electron chi connectivity index (χ2n) is 7.11. The number of morpholine rings is 1. The third-order valence-electron chi connectivity index (χ3n) is 4.87. The highest BCUT2D eigenvalue weighted by molar-refractivity contribution is 6.44. The molecule has 174 valence electrons. The van der Waals surface area contributed by atoms with Crippen molar-refractivity contribution in [3.63, 3.8) is 0 Å². The fourth-order valence-corrected chi connectivity index (χ4v) is 3.83. The highest BCUT2D eigenvalue weighted by Gasteiger charge is 2.18. The van der Waals surface area contributed by atoms with Crippen LogP contribution in [0.5, 0.6) is 0 Å². The van der Waals surface area contributed by atoms with E-state index in [0.717, 1.165) is 6.20 Å². The van der Waals surface area contributed by atoms with Gasteiger partial charge in [0.05, 0.1) is 41.3 Å². The number of ether oxygens (including phenoxy) is 1. The lowest BCUT2D eigenvalue weighted by molar-refractivity contribution is -0.136. The van der Waals surface area contributed by atoms with Crippen molar-refractivity contribution in [1.82, 2.24) is 24.6 Å². The zero-order valence-corrected chi connectivity index (χ0v) is 19.5. The van der Waals surface area contributed by atoms with E-state index >= 15 is 0 Å². The van der Waals surface area contributed by atoms with E-state index in [2.05, 4.69) is 25.7 Å². The van der Waals surface area contributed by atoms with Crippen molar-refractivity contribution in [2.24, 2.45) is 0 Å². The summed E-state index contributed by atoms with van der Waals surface area (Å²) in [6.07, 6.45) is 4.20. The molecule has 3 heterocycles. The van der Waals surface area contributed by atoms with Gasteiger partial charge in [0.2, 0.25) is 11.9 Å². The number of nitrogens with zero attached hydrogens (tertiary/aromatic N) is 5. The molecule has 2 aromatic heterocycles. The molecule has 0 bridgehead atoms. The third-order valence-corrected chi connectivity index (χ3v) is 6.06. The number of aromatic nitrogens is 4. The quantitative estimate of drug-likeness (QED) is 0.460. The summed E-state index contributed by atoms with van der Waals surface area (Å²) in [5, 5.41) is 11.0. The van der Waals surface area contributed by atoms with Crippen molar-refractivity contribution in [2.75, 3.05) is 36.9 Å². The maximum Gasteiger partial charge on any atom is 0.244 e. The second-order valence-corrected chi connectivity index (χ2v) is 8.30. The molecule has 9 nitrogen and oxygen atoms in total. The second kappa shape index (κ2) is 10.5. The molecule has 0 aliphatic carbocycles. The van der Waals surface area contributed by atoms with Crippen molar-refractivity contribution in [3.05, 3.63) is 57.2 Å². The summed E-state index contributed by atoms with van der Waals surface area (Å²) < 4.78 is 21.0. The lowest BCUT2D eigenvalue weighted by atomic mass is 10.2. The van der Waals surface area contributed by atoms with Gasteiger partial charge in [0.15, 0.2) is 11.6 Å². The zero-order chi connectivity index (χ0) is 23.4. The molecule has 0 saturated carbocycles. The smallest absolute Gasteiger partial charge is 0.244 e. The first-order chi connectivity index (χ1) is 15.9. The average molecular weight is 515 g/mol. The summed E-state index contributed by atoms with van der Waals surface area (Å²) in [6.45, 7) is 2.40. The molecule has 0 atom stereocenters. The maximum atomic E-state index is 14.2. The molecule has 1 fully saturated rings. The molecule has 13 heteroatoms. The van der Waals surface area contributed by atoms with E-state index in [1.54, 1.807) is 23.2 Å². The molecular formula is C20H19Cl3FN7O2. The van der Waals surface area contributed by atoms with Gasteiger partial charge in [0, 0.05) is 36.4 Å². The van der Waals surface area contributed by atoms with E-state index in [1.807, 2.05) is 0 Å². The van der Waals surface area contributed by atoms with Gasteiger partial charge >= 0.3 is 0 Å². The van der Waals surface area contributed by atoms with Crippen LogP contribution in [0.2, 0.25) is 15.1 Å². The molecule has 0 spiro atoms. The first-order valence-corrected chi connectivity index (χ1v) is 11.1. The van der Waals surface area contributed by atoms with E-state index < -0.39 is 5.82 Å². The fourth-order valence-electron chi connectivity index (χ4n) is 3.15. The highest BCUT2D eigenvalue weighted by Crippen LogP contribution is 2.32. The van der Waals surface area contributed by atoms with Gasteiger partial charge in [-0.25, -0.2) is 9.37 Å². The van der Waals surface area contributed by atoms with Gasteiger partial charge in [-0.15, -0.1) is 0 Å². The van der Waals surface area contributed by atoms with Crippen LogP contribution in [-0.2, 0) is 22.6 Å². The number of amides is 1. The van der Waals surface area contributed by atoms with Crippen LogP contribution in [0, 0.1) is 5.82 Å². The largest absolute Gasteiger partial charge is 0.378 e. The number of carbonyl (C=O) groups excluding carboxylic acids is 1. The lowest BCUT2D eigenvalue weighted by Crippen LogP contribution is -2.42. The predicted molar refractivity (Wildman–Crippen MR) is 124 cm³/mol. The molecule has 1 aromatic carbocycles. The number of benzene rings is 1. The number of hydrogen-bond donors (Lipinski definition) is 2. The van der Waals surface area contributed by atoms with Crippen molar-refractivity contribution in [2.45, 2.75) is 13.1 Å². The Hall–Kier alpha value is -2.66. The molecule has 1 amide bonds. The monoisotopic (exact) mass is 513 g/mol. The molecule has 2 N–H and O–H groups in total. The maximum absolute atomic E-state index is 14.2. The van der Waals surface area contributed by atoms with Crippen LogP contribution in [0.1, 0.15) is 5.56 Å². The lowest BCUT2D eigenvalue weighted by Gasteiger charge is -2.26. The van der Waals surface area contributed by atoms with Gasteiger partial charge in [0.1, 0.15) is 6.54 Å². The van der Waals surface area contributed by atoms with Gasteiger partial charge in [0.25, 0.3) is 0 Å². The molecule has 1 saturated heterocycles. The number of anilines is 3. The van der Waals surface area contributed by atoms with E-state index in [4.69, 9.17) is 39.5 Å². The Morgan fingerprint density at radius 1 is 1.15 bits per heavy atom. The Morgan fingerprint density at radius 2 is 1.91 bits per heavy atom. The minimum absolute atomic E-state index is 0.0456. The molecule has 0 unspecified atom stereocenters. The first kappa shape index (κ1) is 23.5. The Kier molecular flexibility index (Phi) is 7.49. The summed E-state index contributed by atoms with van der Waals surface area (Å²) in [5.41, 5.74) is 1.06. The number of carbonyl (C=O) groups is 1. The molecule has 33 heavy (non-hydrogen) atoms. The SMILES string of the molecule is O=C(Cn1cc(Nc2ncc(F)c(NCc3c(Cl)ccc(Cl)c3Cl)n2)cn1)N1CCOCC1. The number of halogens is 4. The molecule has 1 aliphatic heterocycles. The van der Waals surface area contributed by atoms with Crippen LogP contribution in [0.3, 0.4) is 0 Å². The molecular weight excluding hydrogens is 496 g/mol. The minimum atomic E-state index is -0.651. The number of hydrogen-bond acceptors (Lipinski definition) is 7. The van der Waals surface area contributed by atoms with Gasteiger partial charge < -0.3 is 20.3 Å². The highest BCUT2D eigenvalue weighted by atomic mass is 35.5. The van der Waals surface area contributed by atoms with Crippen LogP contribution in [0.4, 0.5) is 21.8 Å². The van der Waals surface area contributed by atoms with Crippen LogP contribution in [-0.4, -0.2) is 56.9 Å². The van der Waals surface area contributed by atoms with Gasteiger partial charge in [-0.1, -0.05) is 34.8 Å². The summed E-state index contributed by atoms with van der Waals surface area (Å²) in [6, 6.07) is 3.19. The summed E-state index contributed by atoms with van der Waals surface area (Å²) in [4.78, 5) is 22.2. The van der Waals surface area contributed by atoms with Gasteiger partial charge in [-0.05, 0) is 12.1 Å². The Morgan fingerprint density at radius 3 is 2.70 bits per heavy atom. The van der Waals surface area contributed by atoms with Crippen molar-refractivity contribution < 1.29 is 13.9 Å². The summed E-state index contributed by atoms with van der Waals surface area (Å²) in [5.74, 6) is -0.604. The van der Waals surface area contributed by atoms with E-state index in [0.29, 0.717) is 47.6 Å². The van der Waals surface area contributed by atoms with E-state index in [-0.39, 0.29) is 35.8 Å². The normalized spacial score (nSPS) is 13.8. The third kappa shape index (κ3) is 5.83. The Balaban J connectivity index is 1.40. The number of rotatable bonds is 7. The first-order valence-electron chi connectivity index (χ1n) is 9.94. The van der Waals surface area contributed by atoms with Crippen LogP contribution >= 0.6 is 34.8 Å². The summed E-state index contributed by atoms with van der Waals surface area (Å²) in [7, 11) is 0. The standard InChI is InChI=1S/C20H19Cl3FN7O2/c21-14-1-2-15(22)18(23)13(14)8-25-19-16(24)9-26-20(29-19)28-12-7-27-31(10-12)11-17(32)30-3-5-33-6-4-30/h1-2,7,9-10H,3-6,8,11H2,(H2,25,26,28,29). The molecule has 1 aliphatic rings.